The van der Waals surface area contributed by atoms with Crippen LogP contribution in [0.25, 0.3) is 11.2 Å². The highest BCUT2D eigenvalue weighted by Gasteiger charge is 2.39. The summed E-state index contributed by atoms with van der Waals surface area (Å²) in [7, 11) is 0. The molecular weight excluding hydrogens is 325 g/mol. The molecule has 1 aliphatic carbocycles. The van der Waals surface area contributed by atoms with Crippen LogP contribution < -0.4 is 10.2 Å². The Hall–Kier alpha value is -2.91. The summed E-state index contributed by atoms with van der Waals surface area (Å²) in [5.41, 5.74) is 5.27. The molecular formula is C14H11F3N6O. The summed E-state index contributed by atoms with van der Waals surface area (Å²) in [4.78, 5) is 9.47. The summed E-state index contributed by atoms with van der Waals surface area (Å²) in [6.45, 7) is 0. The minimum Gasteiger partial charge on any atom is -0.406 e. The van der Waals surface area contributed by atoms with Gasteiger partial charge < -0.3 is 10.2 Å². The van der Waals surface area contributed by atoms with Crippen molar-refractivity contribution in [1.29, 1.82) is 0 Å². The van der Waals surface area contributed by atoms with Gasteiger partial charge in [0.05, 0.1) is 12.2 Å². The van der Waals surface area contributed by atoms with Crippen molar-refractivity contribution in [2.75, 3.05) is 5.43 Å². The lowest BCUT2D eigenvalue weighted by Gasteiger charge is -2.09. The Balaban J connectivity index is 1.43. The molecule has 0 aliphatic heterocycles. The van der Waals surface area contributed by atoms with E-state index >= 15 is 0 Å². The molecule has 2 unspecified atom stereocenters. The van der Waals surface area contributed by atoms with E-state index in [1.807, 2.05) is 0 Å². The van der Waals surface area contributed by atoms with Gasteiger partial charge in [0, 0.05) is 5.92 Å². The molecule has 1 aromatic carbocycles. The average Bonchev–Trinajstić information content (AvgIpc) is 3.18. The number of alkyl halides is 3. The van der Waals surface area contributed by atoms with Gasteiger partial charge in [-0.05, 0) is 29.3 Å². The van der Waals surface area contributed by atoms with Crippen molar-refractivity contribution < 1.29 is 17.9 Å². The van der Waals surface area contributed by atoms with E-state index in [0.29, 0.717) is 11.2 Å². The fraction of sp³-hybridized carbons (Fsp3) is 0.286. The van der Waals surface area contributed by atoms with Crippen LogP contribution in [0.4, 0.5) is 13.2 Å². The van der Waals surface area contributed by atoms with Crippen LogP contribution in [0.15, 0.2) is 36.8 Å². The normalized spacial score (nSPS) is 20.1. The number of halogens is 3. The molecule has 10 heteroatoms. The predicted molar refractivity (Wildman–Crippen MR) is 76.7 cm³/mol. The number of fused-ring (bicyclic) bond motifs is 1. The summed E-state index contributed by atoms with van der Waals surface area (Å²) in [6, 6.07) is 6.01. The maximum atomic E-state index is 12.2. The molecule has 0 radical (unpaired) electrons. The van der Waals surface area contributed by atoms with Crippen LogP contribution in [0.2, 0.25) is 0 Å². The Kier molecular flexibility index (Phi) is 3.25. The SMILES string of the molecule is FC(F)(F)Oc1ccc(C2CC2Nn2nnc3cncnc32)cc1. The van der Waals surface area contributed by atoms with Gasteiger partial charge in [0.25, 0.3) is 0 Å². The zero-order valence-corrected chi connectivity index (χ0v) is 12.1. The van der Waals surface area contributed by atoms with Gasteiger partial charge in [-0.15, -0.1) is 23.1 Å². The number of rotatable bonds is 4. The second-order valence-electron chi connectivity index (χ2n) is 5.43. The fourth-order valence-electron chi connectivity index (χ4n) is 2.55. The van der Waals surface area contributed by atoms with Crippen LogP contribution in [0.1, 0.15) is 17.9 Å². The van der Waals surface area contributed by atoms with Gasteiger partial charge >= 0.3 is 6.36 Å². The van der Waals surface area contributed by atoms with Crippen LogP contribution in [-0.4, -0.2) is 37.5 Å². The molecule has 4 rings (SSSR count). The second kappa shape index (κ2) is 5.32. The third kappa shape index (κ3) is 2.94. The minimum atomic E-state index is -4.68. The third-order valence-corrected chi connectivity index (χ3v) is 3.74. The molecule has 24 heavy (non-hydrogen) atoms. The Morgan fingerprint density at radius 2 is 2.00 bits per heavy atom. The molecule has 2 heterocycles. The van der Waals surface area contributed by atoms with Crippen LogP contribution in [0.3, 0.4) is 0 Å². The zero-order chi connectivity index (χ0) is 16.7. The Labute approximate surface area is 133 Å². The summed E-state index contributed by atoms with van der Waals surface area (Å²) in [5.74, 6) is -0.0404. The number of hydrogen-bond acceptors (Lipinski definition) is 6. The van der Waals surface area contributed by atoms with E-state index in [1.54, 1.807) is 18.3 Å². The van der Waals surface area contributed by atoms with E-state index < -0.39 is 6.36 Å². The van der Waals surface area contributed by atoms with Crippen LogP contribution in [0, 0.1) is 0 Å². The topological polar surface area (TPSA) is 77.8 Å². The first-order chi connectivity index (χ1) is 11.5. The third-order valence-electron chi connectivity index (χ3n) is 3.74. The first-order valence-electron chi connectivity index (χ1n) is 7.13. The van der Waals surface area contributed by atoms with Crippen molar-refractivity contribution in [3.8, 4) is 5.75 Å². The highest BCUT2D eigenvalue weighted by atomic mass is 19.4. The molecule has 1 saturated carbocycles. The minimum absolute atomic E-state index is 0.110. The number of aromatic nitrogens is 5. The summed E-state index contributed by atoms with van der Waals surface area (Å²) < 4.78 is 40.3. The van der Waals surface area contributed by atoms with E-state index in [-0.39, 0.29) is 17.7 Å². The number of nitrogens with one attached hydrogen (secondary N) is 1. The molecule has 2 aromatic heterocycles. The Bertz CT molecular complexity index is 863. The van der Waals surface area contributed by atoms with Crippen LogP contribution >= 0.6 is 0 Å². The standard InChI is InChI=1S/C14H11F3N6O/c15-14(16,17)24-9-3-1-8(2-4-9)10-5-11(10)21-23-13-12(20-22-23)6-18-7-19-13/h1-4,6-7,10-11,21H,5H2. The zero-order valence-electron chi connectivity index (χ0n) is 12.1. The van der Waals surface area contributed by atoms with Crippen LogP contribution in [0.5, 0.6) is 5.75 Å². The van der Waals surface area contributed by atoms with Crippen molar-refractivity contribution in [3.05, 3.63) is 42.4 Å². The largest absolute Gasteiger partial charge is 0.573 e. The number of nitrogens with zero attached hydrogens (tertiary/aromatic N) is 5. The van der Waals surface area contributed by atoms with Gasteiger partial charge in [-0.2, -0.15) is 0 Å². The van der Waals surface area contributed by atoms with E-state index in [0.717, 1.165) is 12.0 Å². The molecule has 1 fully saturated rings. The van der Waals surface area contributed by atoms with Gasteiger partial charge in [-0.3, -0.25) is 0 Å². The lowest BCUT2D eigenvalue weighted by molar-refractivity contribution is -0.274. The highest BCUT2D eigenvalue weighted by Crippen LogP contribution is 2.42. The number of hydrogen-bond donors (Lipinski definition) is 1. The van der Waals surface area contributed by atoms with Crippen molar-refractivity contribution >= 4 is 11.2 Å². The Morgan fingerprint density at radius 3 is 2.75 bits per heavy atom. The first kappa shape index (κ1) is 14.7. The number of ether oxygens (including phenoxy) is 1. The average molecular weight is 336 g/mol. The van der Waals surface area contributed by atoms with Gasteiger partial charge in [-0.25, -0.2) is 9.97 Å². The van der Waals surface area contributed by atoms with Crippen LogP contribution in [-0.2, 0) is 0 Å². The molecule has 1 N–H and O–H groups in total. The van der Waals surface area contributed by atoms with Crippen molar-refractivity contribution in [3.63, 3.8) is 0 Å². The van der Waals surface area contributed by atoms with Crippen molar-refractivity contribution in [2.45, 2.75) is 24.7 Å². The highest BCUT2D eigenvalue weighted by molar-refractivity contribution is 5.67. The van der Waals surface area contributed by atoms with Crippen molar-refractivity contribution in [2.24, 2.45) is 0 Å². The molecule has 7 nitrogen and oxygen atoms in total. The summed E-state index contributed by atoms with van der Waals surface area (Å²) in [5, 5.41) is 7.91. The lowest BCUT2D eigenvalue weighted by atomic mass is 10.1. The summed E-state index contributed by atoms with van der Waals surface area (Å²) >= 11 is 0. The predicted octanol–water partition coefficient (Wildman–Crippen LogP) is 2.22. The monoisotopic (exact) mass is 336 g/mol. The van der Waals surface area contributed by atoms with Gasteiger partial charge in [0.1, 0.15) is 12.1 Å². The Morgan fingerprint density at radius 1 is 1.21 bits per heavy atom. The molecule has 1 aliphatic rings. The molecule has 0 bridgehead atoms. The molecule has 2 atom stereocenters. The molecule has 0 spiro atoms. The fourth-order valence-corrected chi connectivity index (χ4v) is 2.55. The van der Waals surface area contributed by atoms with E-state index in [9.17, 15) is 13.2 Å². The quantitative estimate of drug-likeness (QED) is 0.787. The second-order valence-corrected chi connectivity index (χ2v) is 5.43. The lowest BCUT2D eigenvalue weighted by Crippen LogP contribution is -2.20. The maximum Gasteiger partial charge on any atom is 0.573 e. The van der Waals surface area contributed by atoms with Gasteiger partial charge in [0.15, 0.2) is 5.52 Å². The molecule has 124 valence electrons. The van der Waals surface area contributed by atoms with E-state index in [4.69, 9.17) is 0 Å². The van der Waals surface area contributed by atoms with Crippen molar-refractivity contribution in [1.82, 2.24) is 25.1 Å². The smallest absolute Gasteiger partial charge is 0.406 e. The maximum absolute atomic E-state index is 12.2. The van der Waals surface area contributed by atoms with E-state index in [1.165, 1.54) is 23.3 Å². The molecule has 0 saturated heterocycles. The number of benzene rings is 1. The molecule has 3 aromatic rings. The van der Waals surface area contributed by atoms with Gasteiger partial charge in [0.2, 0.25) is 5.65 Å². The first-order valence-corrected chi connectivity index (χ1v) is 7.13. The van der Waals surface area contributed by atoms with Gasteiger partial charge in [-0.1, -0.05) is 12.1 Å². The van der Waals surface area contributed by atoms with E-state index in [2.05, 4.69) is 30.4 Å². The molecule has 0 amide bonds. The summed E-state index contributed by atoms with van der Waals surface area (Å²) in [6.07, 6.45) is -0.863.